The number of hydrogen-bond acceptors (Lipinski definition) is 10. The highest BCUT2D eigenvalue weighted by Crippen LogP contribution is 2.94. The summed E-state index contributed by atoms with van der Waals surface area (Å²) >= 11 is 0. The van der Waals surface area contributed by atoms with Crippen molar-refractivity contribution in [3.05, 3.63) is 35.9 Å². The molecular formula is C32H45NO10. The van der Waals surface area contributed by atoms with Crippen LogP contribution in [0.1, 0.15) is 95.5 Å². The van der Waals surface area contributed by atoms with E-state index in [2.05, 4.69) is 0 Å². The summed E-state index contributed by atoms with van der Waals surface area (Å²) in [6.45, 7) is 0.0318. The molecule has 43 heavy (non-hydrogen) atoms. The standard InChI is InChI=1S/C32H45NO10/c33-22(24(36)43-20-21-11-4-1-5-12-21)13-10-18-27(37)29(39)25(14-6-2-7-15-25)31(29,41)28(38,19-23(34)35)32(42)26(30(27,32)40)16-8-3-9-17-26/h1,4-5,11-12,22,37-42H,2-3,6-10,13-20,33H2,(H,34,35)/t22?,27?,28?,29-,30+,31-,32-/m0/s1. The fourth-order valence-electron chi connectivity index (χ4n) is 10.7. The van der Waals surface area contributed by atoms with Crippen molar-refractivity contribution >= 4 is 11.9 Å². The number of fused-ring (bicyclic) bond motifs is 6. The van der Waals surface area contributed by atoms with Crippen LogP contribution in [0.2, 0.25) is 0 Å². The molecule has 2 spiro atoms. The number of carbonyl (C=O) groups excluding carboxylic acids is 1. The summed E-state index contributed by atoms with van der Waals surface area (Å²) < 4.78 is 5.34. The molecule has 0 amide bonds. The van der Waals surface area contributed by atoms with Crippen LogP contribution in [-0.2, 0) is 20.9 Å². The molecule has 5 aliphatic carbocycles. The molecule has 5 fully saturated rings. The zero-order chi connectivity index (χ0) is 31.2. The van der Waals surface area contributed by atoms with Crippen molar-refractivity contribution in [1.82, 2.24) is 0 Å². The predicted octanol–water partition coefficient (Wildman–Crippen LogP) is 1.03. The molecule has 0 bridgehead atoms. The smallest absolute Gasteiger partial charge is 0.323 e. The Kier molecular flexibility index (Phi) is 6.96. The van der Waals surface area contributed by atoms with E-state index < -0.39 is 68.8 Å². The quantitative estimate of drug-likeness (QED) is 0.187. The van der Waals surface area contributed by atoms with Gasteiger partial charge >= 0.3 is 11.9 Å². The van der Waals surface area contributed by atoms with Crippen LogP contribution in [0.15, 0.2) is 30.3 Å². The first-order valence-electron chi connectivity index (χ1n) is 15.7. The van der Waals surface area contributed by atoms with E-state index >= 15 is 0 Å². The van der Waals surface area contributed by atoms with Crippen LogP contribution < -0.4 is 5.73 Å². The zero-order valence-corrected chi connectivity index (χ0v) is 24.5. The largest absolute Gasteiger partial charge is 0.481 e. The Bertz CT molecular complexity index is 1230. The van der Waals surface area contributed by atoms with Crippen molar-refractivity contribution in [3.63, 3.8) is 0 Å². The summed E-state index contributed by atoms with van der Waals surface area (Å²) in [7, 11) is 0. The molecule has 0 aliphatic heterocycles. The van der Waals surface area contributed by atoms with E-state index in [-0.39, 0.29) is 51.6 Å². The number of carboxylic acid groups (broad SMARTS) is 1. The Morgan fingerprint density at radius 1 is 0.744 bits per heavy atom. The minimum atomic E-state index is -2.83. The first-order valence-corrected chi connectivity index (χ1v) is 15.7. The van der Waals surface area contributed by atoms with E-state index in [4.69, 9.17) is 10.5 Å². The number of hydrogen-bond donors (Lipinski definition) is 8. The third-order valence-corrected chi connectivity index (χ3v) is 12.5. The number of nitrogens with two attached hydrogens (primary N) is 1. The number of benzene rings is 1. The van der Waals surface area contributed by atoms with Gasteiger partial charge in [-0.2, -0.15) is 0 Å². The fraction of sp³-hybridized carbons (Fsp3) is 0.750. The van der Waals surface area contributed by atoms with Crippen LogP contribution >= 0.6 is 0 Å². The Hall–Kier alpha value is -2.12. The van der Waals surface area contributed by atoms with Crippen LogP contribution in [-0.4, -0.2) is 87.3 Å². The fourth-order valence-corrected chi connectivity index (χ4v) is 10.7. The third-order valence-electron chi connectivity index (χ3n) is 12.5. The van der Waals surface area contributed by atoms with Crippen LogP contribution in [0.25, 0.3) is 0 Å². The SMILES string of the molecule is NC(CCCC1(O)[C@@]2(O)C3(CCCCC3)[C@]2(O)C(O)(CC(=O)O)[C@@]2(O)C3(CCCCC3)[C@@]12O)C(=O)OCc1ccccc1. The summed E-state index contributed by atoms with van der Waals surface area (Å²) in [6.07, 6.45) is 3.01. The molecule has 0 saturated heterocycles. The molecular weight excluding hydrogens is 558 g/mol. The summed E-state index contributed by atoms with van der Waals surface area (Å²) in [5.41, 5.74) is -11.7. The minimum Gasteiger partial charge on any atom is -0.481 e. The van der Waals surface area contributed by atoms with Gasteiger partial charge in [-0.05, 0) is 50.5 Å². The number of carboxylic acids is 1. The van der Waals surface area contributed by atoms with E-state index in [1.807, 2.05) is 18.2 Å². The molecule has 7 atom stereocenters. The van der Waals surface area contributed by atoms with Gasteiger partial charge in [0.25, 0.3) is 0 Å². The molecule has 11 heteroatoms. The molecule has 9 N–H and O–H groups in total. The van der Waals surface area contributed by atoms with Gasteiger partial charge in [0.2, 0.25) is 0 Å². The van der Waals surface area contributed by atoms with E-state index in [0.29, 0.717) is 25.7 Å². The van der Waals surface area contributed by atoms with Crippen molar-refractivity contribution in [2.45, 2.75) is 136 Å². The van der Waals surface area contributed by atoms with E-state index in [9.17, 15) is 45.3 Å². The number of rotatable bonds is 9. The predicted molar refractivity (Wildman–Crippen MR) is 151 cm³/mol. The third kappa shape index (κ3) is 3.24. The lowest BCUT2D eigenvalue weighted by Crippen LogP contribution is -2.76. The molecule has 6 rings (SSSR count). The highest BCUT2D eigenvalue weighted by atomic mass is 16.5. The maximum absolute atomic E-state index is 12.7. The summed E-state index contributed by atoms with van der Waals surface area (Å²) in [5, 5.41) is 85.0. The monoisotopic (exact) mass is 603 g/mol. The highest BCUT2D eigenvalue weighted by molar-refractivity contribution is 5.75. The zero-order valence-electron chi connectivity index (χ0n) is 24.5. The first kappa shape index (κ1) is 30.9. The molecule has 1 aromatic rings. The van der Waals surface area contributed by atoms with Crippen LogP contribution in [0.3, 0.4) is 0 Å². The Morgan fingerprint density at radius 2 is 1.21 bits per heavy atom. The van der Waals surface area contributed by atoms with Crippen molar-refractivity contribution in [2.24, 2.45) is 16.6 Å². The van der Waals surface area contributed by atoms with E-state index in [1.54, 1.807) is 12.1 Å². The maximum atomic E-state index is 12.7. The van der Waals surface area contributed by atoms with Crippen LogP contribution in [0.5, 0.6) is 0 Å². The second kappa shape index (κ2) is 9.69. The molecule has 0 heterocycles. The topological polar surface area (TPSA) is 211 Å². The number of aliphatic hydroxyl groups is 6. The molecule has 238 valence electrons. The van der Waals surface area contributed by atoms with Gasteiger partial charge in [0.15, 0.2) is 0 Å². The van der Waals surface area contributed by atoms with Gasteiger partial charge in [-0.15, -0.1) is 0 Å². The lowest BCUT2D eigenvalue weighted by molar-refractivity contribution is -0.304. The Labute approximate surface area is 250 Å². The van der Waals surface area contributed by atoms with Crippen molar-refractivity contribution in [3.8, 4) is 0 Å². The van der Waals surface area contributed by atoms with Gasteiger partial charge in [-0.3, -0.25) is 9.59 Å². The molecule has 5 saturated carbocycles. The van der Waals surface area contributed by atoms with E-state index in [0.717, 1.165) is 18.4 Å². The van der Waals surface area contributed by atoms with Gasteiger partial charge < -0.3 is 46.2 Å². The van der Waals surface area contributed by atoms with Crippen LogP contribution in [0.4, 0.5) is 0 Å². The summed E-state index contributed by atoms with van der Waals surface area (Å²) in [4.78, 5) is 24.8. The lowest BCUT2D eigenvalue weighted by atomic mass is 9.65. The second-order valence-electron chi connectivity index (χ2n) is 14.0. The lowest BCUT2D eigenvalue weighted by Gasteiger charge is -2.51. The summed E-state index contributed by atoms with van der Waals surface area (Å²) in [6, 6.07) is 8.01. The molecule has 3 unspecified atom stereocenters. The average molecular weight is 604 g/mol. The Morgan fingerprint density at radius 3 is 1.67 bits per heavy atom. The normalized spacial score (nSPS) is 42.5. The average Bonchev–Trinajstić information content (AvgIpc) is 3.64. The van der Waals surface area contributed by atoms with E-state index in [1.165, 1.54) is 0 Å². The van der Waals surface area contributed by atoms with Crippen molar-refractivity contribution in [2.75, 3.05) is 0 Å². The minimum absolute atomic E-state index is 0.0122. The number of ether oxygens (including phenoxy) is 1. The maximum Gasteiger partial charge on any atom is 0.323 e. The van der Waals surface area contributed by atoms with Crippen LogP contribution in [0, 0.1) is 10.8 Å². The van der Waals surface area contributed by atoms with Crippen molar-refractivity contribution in [1.29, 1.82) is 0 Å². The van der Waals surface area contributed by atoms with Gasteiger partial charge in [-0.25, -0.2) is 0 Å². The number of carbonyl (C=O) groups is 2. The van der Waals surface area contributed by atoms with Gasteiger partial charge in [0.05, 0.1) is 6.42 Å². The molecule has 11 nitrogen and oxygen atoms in total. The second-order valence-corrected chi connectivity index (χ2v) is 14.0. The van der Waals surface area contributed by atoms with Gasteiger partial charge in [0, 0.05) is 10.8 Å². The first-order chi connectivity index (χ1) is 20.2. The number of esters is 1. The Balaban J connectivity index is 1.34. The molecule has 0 radical (unpaired) electrons. The van der Waals surface area contributed by atoms with Gasteiger partial charge in [-0.1, -0.05) is 68.9 Å². The van der Waals surface area contributed by atoms with Crippen molar-refractivity contribution < 1.29 is 50.1 Å². The molecule has 0 aromatic heterocycles. The molecule has 1 aromatic carbocycles. The highest BCUT2D eigenvalue weighted by Gasteiger charge is 3.14. The van der Waals surface area contributed by atoms with Gasteiger partial charge in [0.1, 0.15) is 46.3 Å². The molecule has 5 aliphatic rings. The summed E-state index contributed by atoms with van der Waals surface area (Å²) in [5.74, 6) is -2.17. The number of aliphatic carboxylic acids is 1.